The standard InChI is InChI=1S/C22H21ClO3/c23-17-11-9-15(10-12-17)13-20-22(24)21-18(7-4-8-19(21)26-20)25-14-16-5-2-1-3-6-16/h4,7-13,16H,1-3,5-6,14H2/b20-13-. The van der Waals surface area contributed by atoms with E-state index in [1.807, 2.05) is 30.3 Å². The Morgan fingerprint density at radius 2 is 1.85 bits per heavy atom. The second kappa shape index (κ2) is 7.55. The fraction of sp³-hybridized carbons (Fsp3) is 0.318. The molecule has 0 spiro atoms. The second-order valence-corrected chi connectivity index (χ2v) is 7.37. The predicted molar refractivity (Wildman–Crippen MR) is 103 cm³/mol. The molecule has 2 aliphatic rings. The summed E-state index contributed by atoms with van der Waals surface area (Å²) < 4.78 is 11.8. The van der Waals surface area contributed by atoms with Crippen LogP contribution in [0.15, 0.2) is 48.2 Å². The lowest BCUT2D eigenvalue weighted by molar-refractivity contribution is 0.101. The van der Waals surface area contributed by atoms with Crippen LogP contribution in [-0.2, 0) is 0 Å². The van der Waals surface area contributed by atoms with Crippen LogP contribution in [0.2, 0.25) is 5.02 Å². The smallest absolute Gasteiger partial charge is 0.235 e. The highest BCUT2D eigenvalue weighted by Gasteiger charge is 2.31. The number of ketones is 1. The summed E-state index contributed by atoms with van der Waals surface area (Å²) in [5.41, 5.74) is 1.40. The van der Waals surface area contributed by atoms with Crippen LogP contribution in [0.1, 0.15) is 48.0 Å². The Hall–Kier alpha value is -2.26. The van der Waals surface area contributed by atoms with E-state index in [0.29, 0.717) is 40.4 Å². The maximum atomic E-state index is 12.8. The minimum absolute atomic E-state index is 0.130. The quantitative estimate of drug-likeness (QED) is 0.629. The number of benzene rings is 2. The number of carbonyl (C=O) groups is 1. The minimum atomic E-state index is -0.130. The number of Topliss-reactive ketones (excluding diaryl/α,β-unsaturated/α-hetero) is 1. The van der Waals surface area contributed by atoms with Crippen LogP contribution in [0.5, 0.6) is 11.5 Å². The zero-order chi connectivity index (χ0) is 17.9. The van der Waals surface area contributed by atoms with Gasteiger partial charge < -0.3 is 9.47 Å². The van der Waals surface area contributed by atoms with Crippen molar-refractivity contribution in [2.24, 2.45) is 5.92 Å². The van der Waals surface area contributed by atoms with Crippen molar-refractivity contribution in [1.29, 1.82) is 0 Å². The number of allylic oxidation sites excluding steroid dienone is 1. The van der Waals surface area contributed by atoms with E-state index in [1.54, 1.807) is 18.2 Å². The molecule has 1 saturated carbocycles. The molecule has 1 aliphatic carbocycles. The van der Waals surface area contributed by atoms with E-state index in [0.717, 1.165) is 5.56 Å². The van der Waals surface area contributed by atoms with Crippen molar-refractivity contribution >= 4 is 23.5 Å². The van der Waals surface area contributed by atoms with Crippen LogP contribution in [-0.4, -0.2) is 12.4 Å². The van der Waals surface area contributed by atoms with Gasteiger partial charge in [-0.15, -0.1) is 0 Å². The molecular weight excluding hydrogens is 348 g/mol. The first kappa shape index (κ1) is 17.2. The third kappa shape index (κ3) is 3.63. The first-order valence-electron chi connectivity index (χ1n) is 9.16. The molecule has 0 unspecified atom stereocenters. The number of fused-ring (bicyclic) bond motifs is 1. The third-order valence-corrected chi connectivity index (χ3v) is 5.28. The molecular formula is C22H21ClO3. The largest absolute Gasteiger partial charge is 0.492 e. The summed E-state index contributed by atoms with van der Waals surface area (Å²) in [6, 6.07) is 12.8. The first-order valence-corrected chi connectivity index (χ1v) is 9.54. The Morgan fingerprint density at radius 1 is 1.08 bits per heavy atom. The average molecular weight is 369 g/mol. The van der Waals surface area contributed by atoms with E-state index >= 15 is 0 Å². The van der Waals surface area contributed by atoms with Gasteiger partial charge in [0.25, 0.3) is 0 Å². The summed E-state index contributed by atoms with van der Waals surface area (Å²) in [4.78, 5) is 12.8. The summed E-state index contributed by atoms with van der Waals surface area (Å²) in [5, 5.41) is 0.660. The molecule has 1 heterocycles. The molecule has 0 atom stereocenters. The molecule has 0 N–H and O–H groups in total. The molecule has 2 aromatic rings. The van der Waals surface area contributed by atoms with Gasteiger partial charge in [0.2, 0.25) is 5.78 Å². The highest BCUT2D eigenvalue weighted by molar-refractivity contribution is 6.30. The highest BCUT2D eigenvalue weighted by atomic mass is 35.5. The summed E-state index contributed by atoms with van der Waals surface area (Å²) in [5.74, 6) is 1.96. The lowest BCUT2D eigenvalue weighted by Gasteiger charge is -2.22. The molecule has 2 aromatic carbocycles. The van der Waals surface area contributed by atoms with Gasteiger partial charge in [0.05, 0.1) is 6.61 Å². The number of hydrogen-bond acceptors (Lipinski definition) is 3. The molecule has 0 saturated heterocycles. The predicted octanol–water partition coefficient (Wildman–Crippen LogP) is 5.92. The van der Waals surface area contributed by atoms with Crippen LogP contribution < -0.4 is 9.47 Å². The summed E-state index contributed by atoms with van der Waals surface area (Å²) in [7, 11) is 0. The van der Waals surface area contributed by atoms with E-state index in [2.05, 4.69) is 0 Å². The van der Waals surface area contributed by atoms with Gasteiger partial charge in [0.1, 0.15) is 17.1 Å². The van der Waals surface area contributed by atoms with E-state index < -0.39 is 0 Å². The van der Waals surface area contributed by atoms with Gasteiger partial charge in [0.15, 0.2) is 5.76 Å². The van der Waals surface area contributed by atoms with Gasteiger partial charge in [-0.1, -0.05) is 49.1 Å². The summed E-state index contributed by atoms with van der Waals surface area (Å²) >= 11 is 5.91. The van der Waals surface area contributed by atoms with Crippen molar-refractivity contribution in [2.45, 2.75) is 32.1 Å². The molecule has 0 aromatic heterocycles. The maximum Gasteiger partial charge on any atom is 0.235 e. The van der Waals surface area contributed by atoms with Crippen molar-refractivity contribution in [3.8, 4) is 11.5 Å². The van der Waals surface area contributed by atoms with Gasteiger partial charge in [0, 0.05) is 5.02 Å². The molecule has 26 heavy (non-hydrogen) atoms. The zero-order valence-corrected chi connectivity index (χ0v) is 15.3. The lowest BCUT2D eigenvalue weighted by atomic mass is 9.90. The van der Waals surface area contributed by atoms with Crippen molar-refractivity contribution in [2.75, 3.05) is 6.61 Å². The van der Waals surface area contributed by atoms with Crippen LogP contribution >= 0.6 is 11.6 Å². The fourth-order valence-corrected chi connectivity index (χ4v) is 3.72. The van der Waals surface area contributed by atoms with E-state index in [9.17, 15) is 4.79 Å². The first-order chi connectivity index (χ1) is 12.7. The Kier molecular flexibility index (Phi) is 4.98. The minimum Gasteiger partial charge on any atom is -0.492 e. The zero-order valence-electron chi connectivity index (χ0n) is 14.5. The number of halogens is 1. The molecule has 4 heteroatoms. The Balaban J connectivity index is 1.53. The van der Waals surface area contributed by atoms with E-state index in [-0.39, 0.29) is 5.78 Å². The molecule has 4 rings (SSSR count). The molecule has 0 bridgehead atoms. The van der Waals surface area contributed by atoms with E-state index in [4.69, 9.17) is 21.1 Å². The Bertz CT molecular complexity index is 833. The monoisotopic (exact) mass is 368 g/mol. The van der Waals surface area contributed by atoms with Crippen LogP contribution in [0.4, 0.5) is 0 Å². The fourth-order valence-electron chi connectivity index (χ4n) is 3.59. The molecule has 0 radical (unpaired) electrons. The van der Waals surface area contributed by atoms with Crippen LogP contribution in [0.3, 0.4) is 0 Å². The number of carbonyl (C=O) groups excluding carboxylic acids is 1. The van der Waals surface area contributed by atoms with Crippen LogP contribution in [0.25, 0.3) is 6.08 Å². The highest BCUT2D eigenvalue weighted by Crippen LogP contribution is 2.38. The van der Waals surface area contributed by atoms with Gasteiger partial charge in [-0.25, -0.2) is 0 Å². The number of rotatable bonds is 4. The third-order valence-electron chi connectivity index (χ3n) is 5.03. The van der Waals surface area contributed by atoms with Gasteiger partial charge in [-0.05, 0) is 54.7 Å². The Labute approximate surface area is 158 Å². The van der Waals surface area contributed by atoms with Gasteiger partial charge >= 0.3 is 0 Å². The van der Waals surface area contributed by atoms with Crippen molar-refractivity contribution in [3.05, 3.63) is 64.4 Å². The van der Waals surface area contributed by atoms with Crippen molar-refractivity contribution in [1.82, 2.24) is 0 Å². The SMILES string of the molecule is O=C1/C(=C/c2ccc(Cl)cc2)Oc2cccc(OCC3CCCCC3)c21. The molecule has 1 fully saturated rings. The molecule has 134 valence electrons. The van der Waals surface area contributed by atoms with Crippen LogP contribution in [0, 0.1) is 5.92 Å². The molecule has 3 nitrogen and oxygen atoms in total. The van der Waals surface area contributed by atoms with Gasteiger partial charge in [-0.2, -0.15) is 0 Å². The second-order valence-electron chi connectivity index (χ2n) is 6.94. The van der Waals surface area contributed by atoms with Crippen molar-refractivity contribution in [3.63, 3.8) is 0 Å². The molecule has 1 aliphatic heterocycles. The Morgan fingerprint density at radius 3 is 2.62 bits per heavy atom. The normalized spacial score (nSPS) is 18.7. The topological polar surface area (TPSA) is 35.5 Å². The van der Waals surface area contributed by atoms with Crippen molar-refractivity contribution < 1.29 is 14.3 Å². The maximum absolute atomic E-state index is 12.8. The average Bonchev–Trinajstić information content (AvgIpc) is 2.99. The lowest BCUT2D eigenvalue weighted by Crippen LogP contribution is -2.16. The number of ether oxygens (including phenoxy) is 2. The van der Waals surface area contributed by atoms with E-state index in [1.165, 1.54) is 32.1 Å². The molecule has 0 amide bonds. The summed E-state index contributed by atoms with van der Waals surface area (Å²) in [6.07, 6.45) is 8.03. The summed E-state index contributed by atoms with van der Waals surface area (Å²) in [6.45, 7) is 0.667. The van der Waals surface area contributed by atoms with Gasteiger partial charge in [-0.3, -0.25) is 4.79 Å². The number of hydrogen-bond donors (Lipinski definition) is 0.